The topological polar surface area (TPSA) is 81.1 Å². The maximum absolute atomic E-state index is 4.90. The molecule has 0 atom stereocenters. The molecular formula is C11H12N6O. The molecule has 3 aromatic rings. The summed E-state index contributed by atoms with van der Waals surface area (Å²) in [5.74, 6) is 1.20. The van der Waals surface area contributed by atoms with Crippen LogP contribution in [0.4, 0.5) is 5.95 Å². The maximum Gasteiger partial charge on any atom is 0.243 e. The van der Waals surface area contributed by atoms with Crippen molar-refractivity contribution in [2.75, 3.05) is 11.9 Å². The van der Waals surface area contributed by atoms with Gasteiger partial charge in [-0.05, 0) is 18.6 Å². The molecule has 18 heavy (non-hydrogen) atoms. The smallest absolute Gasteiger partial charge is 0.243 e. The number of aryl methyl sites for hydroxylation is 1. The SMILES string of the molecule is Cc1ccc2nc(NCCc3ncno3)nn2c1. The molecule has 0 aliphatic rings. The van der Waals surface area contributed by atoms with Gasteiger partial charge in [0.05, 0.1) is 0 Å². The average molecular weight is 244 g/mol. The fourth-order valence-electron chi connectivity index (χ4n) is 1.65. The second-order valence-electron chi connectivity index (χ2n) is 3.96. The highest BCUT2D eigenvalue weighted by Gasteiger charge is 2.04. The molecule has 0 saturated heterocycles. The molecule has 0 bridgehead atoms. The number of hydrogen-bond donors (Lipinski definition) is 1. The minimum absolute atomic E-state index is 0.597. The highest BCUT2D eigenvalue weighted by atomic mass is 16.5. The van der Waals surface area contributed by atoms with Crippen molar-refractivity contribution in [3.05, 3.63) is 36.1 Å². The molecule has 0 fully saturated rings. The van der Waals surface area contributed by atoms with E-state index in [2.05, 4.69) is 25.5 Å². The number of nitrogens with zero attached hydrogens (tertiary/aromatic N) is 5. The summed E-state index contributed by atoms with van der Waals surface area (Å²) < 4.78 is 6.65. The molecule has 3 aromatic heterocycles. The summed E-state index contributed by atoms with van der Waals surface area (Å²) in [7, 11) is 0. The van der Waals surface area contributed by atoms with Crippen LogP contribution in [0.5, 0.6) is 0 Å². The summed E-state index contributed by atoms with van der Waals surface area (Å²) in [6.07, 6.45) is 3.97. The Morgan fingerprint density at radius 3 is 3.17 bits per heavy atom. The van der Waals surface area contributed by atoms with Gasteiger partial charge in [0.1, 0.15) is 0 Å². The van der Waals surface area contributed by atoms with Crippen LogP contribution < -0.4 is 5.32 Å². The Kier molecular flexibility index (Phi) is 2.64. The van der Waals surface area contributed by atoms with Gasteiger partial charge in [0.25, 0.3) is 0 Å². The molecule has 0 aliphatic carbocycles. The van der Waals surface area contributed by atoms with Crippen LogP contribution in [-0.4, -0.2) is 31.3 Å². The zero-order valence-electron chi connectivity index (χ0n) is 9.87. The number of hydrogen-bond acceptors (Lipinski definition) is 6. The summed E-state index contributed by atoms with van der Waals surface area (Å²) >= 11 is 0. The van der Waals surface area contributed by atoms with Crippen LogP contribution in [0.25, 0.3) is 5.65 Å². The highest BCUT2D eigenvalue weighted by Crippen LogP contribution is 2.07. The van der Waals surface area contributed by atoms with Gasteiger partial charge in [0, 0.05) is 19.2 Å². The molecule has 92 valence electrons. The minimum Gasteiger partial charge on any atom is -0.352 e. The van der Waals surface area contributed by atoms with E-state index in [1.165, 1.54) is 6.33 Å². The lowest BCUT2D eigenvalue weighted by molar-refractivity contribution is 0.379. The van der Waals surface area contributed by atoms with Gasteiger partial charge in [-0.15, -0.1) is 5.10 Å². The van der Waals surface area contributed by atoms with Crippen molar-refractivity contribution in [3.8, 4) is 0 Å². The molecule has 7 nitrogen and oxygen atoms in total. The van der Waals surface area contributed by atoms with Crippen LogP contribution in [0, 0.1) is 6.92 Å². The Labute approximate surface area is 103 Å². The van der Waals surface area contributed by atoms with Crippen molar-refractivity contribution in [2.24, 2.45) is 0 Å². The third kappa shape index (κ3) is 2.15. The number of nitrogens with one attached hydrogen (secondary N) is 1. The van der Waals surface area contributed by atoms with Crippen molar-refractivity contribution >= 4 is 11.6 Å². The Morgan fingerprint density at radius 2 is 2.33 bits per heavy atom. The van der Waals surface area contributed by atoms with Crippen molar-refractivity contribution in [2.45, 2.75) is 13.3 Å². The van der Waals surface area contributed by atoms with E-state index >= 15 is 0 Å². The predicted molar refractivity (Wildman–Crippen MR) is 64.2 cm³/mol. The molecule has 3 heterocycles. The maximum atomic E-state index is 4.90. The first-order valence-corrected chi connectivity index (χ1v) is 5.64. The highest BCUT2D eigenvalue weighted by molar-refractivity contribution is 5.44. The van der Waals surface area contributed by atoms with Crippen molar-refractivity contribution < 1.29 is 4.52 Å². The van der Waals surface area contributed by atoms with Crippen LogP contribution in [0.3, 0.4) is 0 Å². The monoisotopic (exact) mass is 244 g/mol. The van der Waals surface area contributed by atoms with Gasteiger partial charge in [-0.25, -0.2) is 4.52 Å². The molecule has 0 saturated carbocycles. The third-order valence-electron chi connectivity index (χ3n) is 2.51. The van der Waals surface area contributed by atoms with E-state index in [0.717, 1.165) is 11.2 Å². The lowest BCUT2D eigenvalue weighted by Crippen LogP contribution is -2.06. The first kappa shape index (κ1) is 10.7. The lowest BCUT2D eigenvalue weighted by Gasteiger charge is -1.96. The Bertz CT molecular complexity index is 645. The molecular weight excluding hydrogens is 232 g/mol. The summed E-state index contributed by atoms with van der Waals surface area (Å²) in [4.78, 5) is 8.28. The van der Waals surface area contributed by atoms with E-state index in [4.69, 9.17) is 4.52 Å². The lowest BCUT2D eigenvalue weighted by atomic mass is 10.3. The van der Waals surface area contributed by atoms with E-state index < -0.39 is 0 Å². The predicted octanol–water partition coefficient (Wildman–Crippen LogP) is 1.08. The van der Waals surface area contributed by atoms with Crippen LogP contribution in [0.2, 0.25) is 0 Å². The summed E-state index contributed by atoms with van der Waals surface area (Å²) in [6, 6.07) is 3.94. The molecule has 0 radical (unpaired) electrons. The Hall–Kier alpha value is -2.44. The number of rotatable bonds is 4. The minimum atomic E-state index is 0.597. The fraction of sp³-hybridized carbons (Fsp3) is 0.273. The molecule has 0 spiro atoms. The van der Waals surface area contributed by atoms with Gasteiger partial charge in [-0.3, -0.25) is 0 Å². The van der Waals surface area contributed by atoms with E-state index in [1.54, 1.807) is 4.52 Å². The quantitative estimate of drug-likeness (QED) is 0.739. The second-order valence-corrected chi connectivity index (χ2v) is 3.96. The zero-order chi connectivity index (χ0) is 12.4. The van der Waals surface area contributed by atoms with Gasteiger partial charge >= 0.3 is 0 Å². The molecule has 3 rings (SSSR count). The molecule has 7 heteroatoms. The van der Waals surface area contributed by atoms with Crippen molar-refractivity contribution in [1.82, 2.24) is 24.7 Å². The van der Waals surface area contributed by atoms with Gasteiger partial charge in [0.2, 0.25) is 11.8 Å². The summed E-state index contributed by atoms with van der Waals surface area (Å²) in [5, 5.41) is 11.0. The number of fused-ring (bicyclic) bond motifs is 1. The Morgan fingerprint density at radius 1 is 1.39 bits per heavy atom. The second kappa shape index (κ2) is 4.44. The molecule has 0 amide bonds. The van der Waals surface area contributed by atoms with E-state index in [9.17, 15) is 0 Å². The number of aromatic nitrogens is 5. The molecule has 0 aliphatic heterocycles. The third-order valence-corrected chi connectivity index (χ3v) is 2.51. The van der Waals surface area contributed by atoms with E-state index in [-0.39, 0.29) is 0 Å². The molecule has 1 N–H and O–H groups in total. The summed E-state index contributed by atoms with van der Waals surface area (Å²) in [5.41, 5.74) is 1.96. The van der Waals surface area contributed by atoms with Crippen LogP contribution in [0.15, 0.2) is 29.2 Å². The largest absolute Gasteiger partial charge is 0.352 e. The first-order chi connectivity index (χ1) is 8.81. The number of pyridine rings is 1. The van der Waals surface area contributed by atoms with Gasteiger partial charge < -0.3 is 9.84 Å². The van der Waals surface area contributed by atoms with Gasteiger partial charge in [-0.2, -0.15) is 9.97 Å². The standard InChI is InChI=1S/C11H12N6O/c1-8-2-3-9-15-11(16-17(9)6-8)12-5-4-10-13-7-14-18-10/h2-3,6-7H,4-5H2,1H3,(H,12,16). The average Bonchev–Trinajstić information content (AvgIpc) is 2.97. The van der Waals surface area contributed by atoms with Gasteiger partial charge in [-0.1, -0.05) is 11.2 Å². The van der Waals surface area contributed by atoms with E-state index in [1.807, 2.05) is 25.3 Å². The summed E-state index contributed by atoms with van der Waals surface area (Å²) in [6.45, 7) is 2.67. The zero-order valence-corrected chi connectivity index (χ0v) is 9.87. The van der Waals surface area contributed by atoms with Crippen LogP contribution >= 0.6 is 0 Å². The van der Waals surface area contributed by atoms with Crippen molar-refractivity contribution in [3.63, 3.8) is 0 Å². The molecule has 0 aromatic carbocycles. The van der Waals surface area contributed by atoms with E-state index in [0.29, 0.717) is 24.8 Å². The number of anilines is 1. The Balaban J connectivity index is 1.67. The first-order valence-electron chi connectivity index (χ1n) is 5.64. The fourth-order valence-corrected chi connectivity index (χ4v) is 1.65. The van der Waals surface area contributed by atoms with Crippen molar-refractivity contribution in [1.29, 1.82) is 0 Å². The van der Waals surface area contributed by atoms with Crippen LogP contribution in [-0.2, 0) is 6.42 Å². The molecule has 0 unspecified atom stereocenters. The van der Waals surface area contributed by atoms with Crippen LogP contribution in [0.1, 0.15) is 11.5 Å². The van der Waals surface area contributed by atoms with Gasteiger partial charge in [0.15, 0.2) is 12.0 Å². The normalized spacial score (nSPS) is 10.9.